The Balaban J connectivity index is 0.0000000798. The molecule has 518 valence electrons. The summed E-state index contributed by atoms with van der Waals surface area (Å²) in [4.78, 5) is 8.70. The van der Waals surface area contributed by atoms with Gasteiger partial charge in [0, 0.05) is 68.9 Å². The van der Waals surface area contributed by atoms with Gasteiger partial charge in [-0.15, -0.1) is 50.2 Å². The van der Waals surface area contributed by atoms with Gasteiger partial charge in [-0.2, -0.15) is 18.7 Å². The van der Waals surface area contributed by atoms with Crippen molar-refractivity contribution in [3.63, 3.8) is 0 Å². The number of hydrogen-bond acceptors (Lipinski definition) is 3. The van der Waals surface area contributed by atoms with Crippen LogP contribution in [0.5, 0.6) is 0 Å². The summed E-state index contributed by atoms with van der Waals surface area (Å²) < 4.78 is 42.9. The fraction of sp³-hybridized carbons (Fsp3) is 0.138. The second kappa shape index (κ2) is 23.2. The molecule has 0 saturated heterocycles. The molecule has 22 heteroatoms. The first-order valence-corrected chi connectivity index (χ1v) is 37.2. The zero-order valence-electron chi connectivity index (χ0n) is 60.6. The number of nitrogens with zero attached hydrogens (tertiary/aromatic N) is 22. The first kappa shape index (κ1) is 61.2. The van der Waals surface area contributed by atoms with E-state index in [1.54, 1.807) is 0 Å². The molecule has 0 N–H and O–H groups in total. The Bertz CT molecular complexity index is 7180. The molecule has 0 aliphatic carbocycles. The molecule has 0 fully saturated rings. The van der Waals surface area contributed by atoms with E-state index in [-0.39, 0.29) is 0 Å². The second-order valence-corrected chi connectivity index (χ2v) is 29.5. The van der Waals surface area contributed by atoms with Crippen LogP contribution in [-0.4, -0.2) is 37.8 Å². The van der Waals surface area contributed by atoms with Crippen molar-refractivity contribution in [1.82, 2.24) is 37.8 Å². The predicted molar refractivity (Wildman–Crippen MR) is 399 cm³/mol. The van der Waals surface area contributed by atoms with Crippen molar-refractivity contribution in [2.75, 3.05) is 0 Å². The number of rotatable bonds is 2. The summed E-state index contributed by atoms with van der Waals surface area (Å²) in [5, 5.41) is 13.9. The maximum absolute atomic E-state index is 4.58. The summed E-state index contributed by atoms with van der Waals surface area (Å²) in [6, 6.07) is 62.4. The molecule has 0 saturated carbocycles. The van der Waals surface area contributed by atoms with E-state index >= 15 is 0 Å². The van der Waals surface area contributed by atoms with Crippen molar-refractivity contribution in [1.29, 1.82) is 0 Å². The molecule has 0 atom stereocenters. The van der Waals surface area contributed by atoms with Crippen LogP contribution >= 0.6 is 0 Å². The van der Waals surface area contributed by atoms with Crippen molar-refractivity contribution >= 4 is 87.6 Å². The minimum atomic E-state index is 0.823. The smallest absolute Gasteiger partial charge is 0.262 e. The third kappa shape index (κ3) is 8.92. The van der Waals surface area contributed by atoms with E-state index in [9.17, 15) is 0 Å². The van der Waals surface area contributed by atoms with Crippen LogP contribution in [0, 0.1) is 0 Å². The highest BCUT2D eigenvalue weighted by atomic mass is 15.4. The highest BCUT2D eigenvalue weighted by Gasteiger charge is 2.45. The second-order valence-electron chi connectivity index (χ2n) is 29.5. The lowest BCUT2D eigenvalue weighted by Crippen LogP contribution is -2.45. The van der Waals surface area contributed by atoms with E-state index in [4.69, 9.17) is 0 Å². The molecule has 20 aromatic rings. The van der Waals surface area contributed by atoms with Gasteiger partial charge in [0.1, 0.15) is 56.9 Å². The minimum absolute atomic E-state index is 0.823. The van der Waals surface area contributed by atoms with Gasteiger partial charge in [-0.25, -0.2) is 14.5 Å². The lowest BCUT2D eigenvalue weighted by molar-refractivity contribution is -0.872. The monoisotopic (exact) mass is 1430 g/mol. The molecule has 15 aromatic heterocycles. The third-order valence-electron chi connectivity index (χ3n) is 23.3. The lowest BCUT2D eigenvalue weighted by Gasteiger charge is -2.02. The van der Waals surface area contributed by atoms with E-state index in [0.717, 1.165) is 64.4 Å². The van der Waals surface area contributed by atoms with Gasteiger partial charge in [-0.3, -0.25) is 9.13 Å². The Morgan fingerprint density at radius 3 is 1.72 bits per heavy atom. The zero-order valence-corrected chi connectivity index (χ0v) is 60.6. The van der Waals surface area contributed by atoms with Crippen molar-refractivity contribution in [2.24, 2.45) is 28.2 Å². The van der Waals surface area contributed by atoms with Crippen molar-refractivity contribution in [2.45, 2.75) is 53.0 Å². The number of imidazole rings is 3. The molecule has 109 heavy (non-hydrogen) atoms. The minimum Gasteiger partial charge on any atom is -0.262 e. The van der Waals surface area contributed by atoms with Gasteiger partial charge in [0.25, 0.3) is 11.0 Å². The lowest BCUT2D eigenvalue weighted by atomic mass is 10.0. The highest BCUT2D eigenvalue weighted by Crippen LogP contribution is 2.38. The molecule has 22 nitrogen and oxygen atoms in total. The van der Waals surface area contributed by atoms with E-state index in [0.29, 0.717) is 0 Å². The summed E-state index contributed by atoms with van der Waals surface area (Å²) in [6.45, 7) is 7.29. The number of hydrogen-bond donors (Lipinski definition) is 0. The molecule has 0 spiro atoms. The molecule has 28 rings (SSSR count). The van der Waals surface area contributed by atoms with Crippen LogP contribution in [0.25, 0.3) is 145 Å². The Kier molecular flexibility index (Phi) is 13.0. The number of benzene rings is 5. The fourth-order valence-corrected chi connectivity index (χ4v) is 18.8. The third-order valence-corrected chi connectivity index (χ3v) is 23.3. The normalized spacial score (nSPS) is 13.4. The molecule has 5 aromatic carbocycles. The van der Waals surface area contributed by atoms with Gasteiger partial charge >= 0.3 is 59.5 Å². The molecule has 0 unspecified atom stereocenters. The van der Waals surface area contributed by atoms with Gasteiger partial charge in [-0.05, 0) is 35.0 Å². The van der Waals surface area contributed by atoms with E-state index in [2.05, 4.69) is 346 Å². The van der Waals surface area contributed by atoms with Gasteiger partial charge in [0.05, 0.1) is 52.9 Å². The number of aryl methyl sites for hydroxylation is 4. The van der Waals surface area contributed by atoms with Crippen LogP contribution in [0.15, 0.2) is 282 Å². The molecule has 0 amide bonds. The van der Waals surface area contributed by atoms with Crippen LogP contribution in [0.2, 0.25) is 0 Å². The van der Waals surface area contributed by atoms with Crippen LogP contribution < -0.4 is 64.1 Å². The average Bonchev–Trinajstić information content (AvgIpc) is 1.53. The van der Waals surface area contributed by atoms with Crippen LogP contribution in [-0.2, 0) is 81.2 Å². The van der Waals surface area contributed by atoms with Gasteiger partial charge < -0.3 is 0 Å². The summed E-state index contributed by atoms with van der Waals surface area (Å²) in [6.07, 6.45) is 35.6. The molecular formula is C87H74N22+14. The molecule has 0 bridgehead atoms. The van der Waals surface area contributed by atoms with Crippen molar-refractivity contribution < 1.29 is 64.1 Å². The predicted octanol–water partition coefficient (Wildman–Crippen LogP) is 4.98. The number of fused-ring (bicyclic) bond motifs is 14. The molecular weight excluding hydrogens is 1350 g/mol. The average molecular weight is 1430 g/mol. The quantitative estimate of drug-likeness (QED) is 0.180. The Morgan fingerprint density at radius 2 is 0.945 bits per heavy atom. The van der Waals surface area contributed by atoms with Gasteiger partial charge in [0.15, 0.2) is 99.4 Å². The number of pyridine rings is 7. The topological polar surface area (TPSA) is 117 Å². The summed E-state index contributed by atoms with van der Waals surface area (Å²) in [5.74, 6) is 4.64. The zero-order chi connectivity index (χ0) is 72.0. The molecule has 0 radical (unpaired) electrons. The van der Waals surface area contributed by atoms with Crippen LogP contribution in [0.4, 0.5) is 0 Å². The maximum atomic E-state index is 4.58. The molecule has 23 heterocycles. The Labute approximate surface area is 622 Å². The van der Waals surface area contributed by atoms with Crippen molar-refractivity contribution in [3.8, 4) is 57.2 Å². The van der Waals surface area contributed by atoms with Gasteiger partial charge in [-0.1, -0.05) is 102 Å². The Hall–Kier alpha value is -14.2. The standard InChI is InChI=1S/C21H15N4.C17H12N3.C16H13N3.C15H14N4.2C9H10N4/c1-2-5-14(6-3-1)17-12-24-11-15-8-10-23-13-22-9-4-7-16-19(22)20(23)18(15)21(24)25(16)17;1-3-12-13-4-2-7-19-10-20-8-5-11-9-18(6-1)15(12)14(11)17(20)16(13)19;1-17-10-18-9-11-5-4-7-13-12-6-2-3-8-14(12)19(17)16(18)15(11)13;1-17-8-5-9-18-11-19-13(15(17)18)10-16-14(19)12-6-3-2-4-7-12;1-11-5-2-6-12-7-13-8(9(11)12)3-4-10-13;1-11-3-2-4-12-7-13-6-10-5-8(13)9(11)12/h1-10,12H,11,13H2;1-8H,9-10H2;2-8,10H,9H2,1H3;2-10H,11H2,1H3;2*2-6H,7H2,1H3/q2*+3;4*+2. The number of aromatic nitrogens is 22. The van der Waals surface area contributed by atoms with Crippen molar-refractivity contribution in [3.05, 3.63) is 298 Å². The molecule has 8 aliphatic heterocycles. The first-order chi connectivity index (χ1) is 53.7. The SMILES string of the molecule is C[n+]1c[n+]2c3c4c(cccc4c4ccccc4n31)C2.C[n+]1ccc[n+]2c1-c1ccnn1C2.C[n+]1ccc[n+]2c1-c1cnc(-c3ccccc3)n1C2.C[n+]1ccc[n+]2c1-c1cncn1C2.c1cc2c3ccc[n+]4c3c3c5c(cc[n+]3C4)C[n+](c1)c25.c1ccc(-c2c[n+]3c4c5c(cc[n+]6c5c5c(ccc[n+]5C6)n24)C3)cc1. The van der Waals surface area contributed by atoms with E-state index in [1.807, 2.05) is 66.0 Å². The fourth-order valence-electron chi connectivity index (χ4n) is 18.8. The van der Waals surface area contributed by atoms with Gasteiger partial charge in [0.2, 0.25) is 48.1 Å². The Morgan fingerprint density at radius 1 is 0.367 bits per heavy atom. The van der Waals surface area contributed by atoms with E-state index < -0.39 is 0 Å². The summed E-state index contributed by atoms with van der Waals surface area (Å²) in [5.41, 5.74) is 23.6. The van der Waals surface area contributed by atoms with Crippen LogP contribution in [0.1, 0.15) is 16.7 Å². The van der Waals surface area contributed by atoms with Crippen LogP contribution in [0.3, 0.4) is 0 Å². The molecule has 8 aliphatic rings. The first-order valence-electron chi connectivity index (χ1n) is 37.2. The highest BCUT2D eigenvalue weighted by molar-refractivity contribution is 6.20. The summed E-state index contributed by atoms with van der Waals surface area (Å²) >= 11 is 0. The number of para-hydroxylation sites is 1. The largest absolute Gasteiger partial charge is 0.471 e. The summed E-state index contributed by atoms with van der Waals surface area (Å²) in [7, 11) is 8.27. The maximum Gasteiger partial charge on any atom is 0.471 e. The van der Waals surface area contributed by atoms with E-state index in [1.165, 1.54) is 150 Å².